The molecule has 0 fully saturated rings. The first-order valence-corrected chi connectivity index (χ1v) is 12.6. The van der Waals surface area contributed by atoms with E-state index in [4.69, 9.17) is 4.74 Å². The van der Waals surface area contributed by atoms with Crippen molar-refractivity contribution in [2.75, 3.05) is 18.5 Å². The first-order chi connectivity index (χ1) is 17.1. The molecule has 0 saturated carbocycles. The van der Waals surface area contributed by atoms with Gasteiger partial charge < -0.3 is 15.4 Å². The predicted molar refractivity (Wildman–Crippen MR) is 140 cm³/mol. The van der Waals surface area contributed by atoms with Crippen molar-refractivity contribution in [2.45, 2.75) is 58.7 Å². The summed E-state index contributed by atoms with van der Waals surface area (Å²) in [6.45, 7) is 11.2. The Hall–Kier alpha value is -2.98. The minimum absolute atomic E-state index is 0.268. The van der Waals surface area contributed by atoms with Crippen LogP contribution in [0.1, 0.15) is 62.9 Å². The molecule has 1 unspecified atom stereocenters. The van der Waals surface area contributed by atoms with Gasteiger partial charge in [-0.3, -0.25) is 9.79 Å². The summed E-state index contributed by atoms with van der Waals surface area (Å²) in [5.41, 5.74) is 0.851. The van der Waals surface area contributed by atoms with Crippen LogP contribution in [0, 0.1) is 0 Å². The van der Waals surface area contributed by atoms with E-state index in [0.29, 0.717) is 17.4 Å². The van der Waals surface area contributed by atoms with Crippen molar-refractivity contribution >= 4 is 34.3 Å². The lowest BCUT2D eigenvalue weighted by Gasteiger charge is -2.12. The standard InChI is InChI=1S/C26H33F3N4O2S/c1-5-14-35-15-8-7-9-18(3)16-22(30-6-2)24(34)32-19(4)23-17-31-25(36-23)33-21-12-10-20(11-13-21)26(27,28)29/h6,10-13,16-17,19H,3,5,7-9,14-15H2,1-2,4H3,(H,31,33)(H,32,34)/b22-16-,30-6-. The van der Waals surface area contributed by atoms with Gasteiger partial charge >= 0.3 is 6.18 Å². The number of nitrogens with one attached hydrogen (secondary N) is 2. The maximum Gasteiger partial charge on any atom is 0.416 e. The molecule has 0 bridgehead atoms. The van der Waals surface area contributed by atoms with Crippen molar-refractivity contribution < 1.29 is 22.7 Å². The fraction of sp³-hybridized carbons (Fsp3) is 0.423. The number of benzene rings is 1. The number of aliphatic imine (C=N–C) groups is 1. The van der Waals surface area contributed by atoms with Crippen LogP contribution in [0.2, 0.25) is 0 Å². The maximum absolute atomic E-state index is 12.8. The number of halogens is 3. The Labute approximate surface area is 214 Å². The van der Waals surface area contributed by atoms with E-state index >= 15 is 0 Å². The van der Waals surface area contributed by atoms with Gasteiger partial charge in [0.2, 0.25) is 0 Å². The molecule has 36 heavy (non-hydrogen) atoms. The summed E-state index contributed by atoms with van der Waals surface area (Å²) in [7, 11) is 0. The second-order valence-corrected chi connectivity index (χ2v) is 9.17. The Morgan fingerprint density at radius 3 is 2.61 bits per heavy atom. The van der Waals surface area contributed by atoms with E-state index in [-0.39, 0.29) is 17.6 Å². The topological polar surface area (TPSA) is 75.6 Å². The first kappa shape index (κ1) is 29.3. The van der Waals surface area contributed by atoms with Crippen molar-refractivity contribution in [3.8, 4) is 0 Å². The molecule has 2 rings (SSSR count). The number of ether oxygens (including phenoxy) is 1. The first-order valence-electron chi connectivity index (χ1n) is 11.8. The summed E-state index contributed by atoms with van der Waals surface area (Å²) < 4.78 is 43.7. The van der Waals surface area contributed by atoms with Gasteiger partial charge in [0, 0.05) is 36.2 Å². The Bertz CT molecular complexity index is 1050. The molecule has 1 amide bonds. The summed E-state index contributed by atoms with van der Waals surface area (Å²) in [4.78, 5) is 22.1. The average Bonchev–Trinajstić information content (AvgIpc) is 3.29. The van der Waals surface area contributed by atoms with Crippen LogP contribution < -0.4 is 10.6 Å². The number of aromatic nitrogens is 1. The highest BCUT2D eigenvalue weighted by Gasteiger charge is 2.30. The number of nitrogens with zero attached hydrogens (tertiary/aromatic N) is 2. The number of anilines is 2. The SMILES string of the molecule is C=C(/C=C(\N=C/C)C(=O)NC(C)c1cnc(Nc2ccc(C(F)(F)F)cc2)s1)CCCCOCCC. The van der Waals surface area contributed by atoms with E-state index in [1.807, 2.05) is 6.92 Å². The lowest BCUT2D eigenvalue weighted by Crippen LogP contribution is -2.27. The van der Waals surface area contributed by atoms with Crippen molar-refractivity contribution in [3.05, 3.63) is 64.8 Å². The van der Waals surface area contributed by atoms with Gasteiger partial charge in [0.1, 0.15) is 5.70 Å². The lowest BCUT2D eigenvalue weighted by atomic mass is 10.1. The lowest BCUT2D eigenvalue weighted by molar-refractivity contribution is -0.137. The van der Waals surface area contributed by atoms with Gasteiger partial charge in [0.25, 0.3) is 5.91 Å². The van der Waals surface area contributed by atoms with Gasteiger partial charge in [-0.2, -0.15) is 13.2 Å². The molecule has 1 heterocycles. The highest BCUT2D eigenvalue weighted by atomic mass is 32.1. The molecule has 1 aromatic carbocycles. The molecule has 10 heteroatoms. The van der Waals surface area contributed by atoms with Gasteiger partial charge in [-0.1, -0.05) is 30.4 Å². The number of thiazole rings is 1. The van der Waals surface area contributed by atoms with Crippen LogP contribution in [0.15, 0.2) is 59.4 Å². The fourth-order valence-corrected chi connectivity index (χ4v) is 3.96. The third kappa shape index (κ3) is 9.94. The van der Waals surface area contributed by atoms with Crippen molar-refractivity contribution in [1.29, 1.82) is 0 Å². The summed E-state index contributed by atoms with van der Waals surface area (Å²) in [5.74, 6) is -0.335. The molecule has 6 nitrogen and oxygen atoms in total. The molecule has 0 aliphatic rings. The number of amides is 1. The van der Waals surface area contributed by atoms with Crippen LogP contribution in [0.25, 0.3) is 0 Å². The van der Waals surface area contributed by atoms with Crippen LogP contribution in [0.4, 0.5) is 24.0 Å². The molecule has 2 N–H and O–H groups in total. The molecule has 1 aromatic heterocycles. The fourth-order valence-electron chi connectivity index (χ4n) is 3.12. The van der Waals surface area contributed by atoms with E-state index in [9.17, 15) is 18.0 Å². The Balaban J connectivity index is 1.93. The zero-order valence-electron chi connectivity index (χ0n) is 20.8. The quantitative estimate of drug-likeness (QED) is 0.119. The average molecular weight is 523 g/mol. The molecule has 0 saturated heterocycles. The normalized spacial score (nSPS) is 13.1. The van der Waals surface area contributed by atoms with Crippen molar-refractivity contribution in [2.24, 2.45) is 4.99 Å². The summed E-state index contributed by atoms with van der Waals surface area (Å²) in [6.07, 6.45) is 4.07. The van der Waals surface area contributed by atoms with Gasteiger partial charge in [-0.05, 0) is 69.9 Å². The highest BCUT2D eigenvalue weighted by Crippen LogP contribution is 2.31. The number of hydrogen-bond donors (Lipinski definition) is 2. The molecule has 196 valence electrons. The zero-order chi connectivity index (χ0) is 26.6. The summed E-state index contributed by atoms with van der Waals surface area (Å²) in [5, 5.41) is 6.41. The highest BCUT2D eigenvalue weighted by molar-refractivity contribution is 7.15. The van der Waals surface area contributed by atoms with E-state index in [2.05, 4.69) is 34.1 Å². The second-order valence-electron chi connectivity index (χ2n) is 8.11. The molecule has 2 aromatic rings. The molecule has 0 radical (unpaired) electrons. The number of hydrogen-bond acceptors (Lipinski definition) is 6. The summed E-state index contributed by atoms with van der Waals surface area (Å²) >= 11 is 1.30. The number of unbranched alkanes of at least 4 members (excludes halogenated alkanes) is 1. The minimum atomic E-state index is -4.38. The number of carbonyl (C=O) groups excluding carboxylic acids is 1. The smallest absolute Gasteiger partial charge is 0.381 e. The van der Waals surface area contributed by atoms with Crippen LogP contribution in [-0.4, -0.2) is 30.3 Å². The van der Waals surface area contributed by atoms with Crippen molar-refractivity contribution in [1.82, 2.24) is 10.3 Å². The monoisotopic (exact) mass is 522 g/mol. The van der Waals surface area contributed by atoms with Gasteiger partial charge in [-0.15, -0.1) is 0 Å². The molecular weight excluding hydrogens is 489 g/mol. The molecule has 0 spiro atoms. The van der Waals surface area contributed by atoms with Crippen molar-refractivity contribution in [3.63, 3.8) is 0 Å². The Morgan fingerprint density at radius 2 is 1.97 bits per heavy atom. The number of allylic oxidation sites excluding steroid dienone is 2. The number of alkyl halides is 3. The van der Waals surface area contributed by atoms with Crippen LogP contribution in [0.3, 0.4) is 0 Å². The Morgan fingerprint density at radius 1 is 1.25 bits per heavy atom. The maximum atomic E-state index is 12.8. The van der Waals surface area contributed by atoms with Gasteiger partial charge in [0.15, 0.2) is 5.13 Å². The predicted octanol–water partition coefficient (Wildman–Crippen LogP) is 7.21. The number of rotatable bonds is 14. The molecule has 0 aliphatic carbocycles. The van der Waals surface area contributed by atoms with Crippen LogP contribution in [0.5, 0.6) is 0 Å². The van der Waals surface area contributed by atoms with Gasteiger partial charge in [-0.25, -0.2) is 4.98 Å². The molecule has 1 atom stereocenters. The van der Waals surface area contributed by atoms with E-state index in [1.165, 1.54) is 23.5 Å². The van der Waals surface area contributed by atoms with Crippen LogP contribution in [-0.2, 0) is 15.7 Å². The largest absolute Gasteiger partial charge is 0.416 e. The zero-order valence-corrected chi connectivity index (χ0v) is 21.6. The molecular formula is C26H33F3N4O2S. The van der Waals surface area contributed by atoms with E-state index in [1.54, 1.807) is 25.4 Å². The molecule has 0 aliphatic heterocycles. The second kappa shape index (κ2) is 14.5. The number of carbonyl (C=O) groups is 1. The third-order valence-electron chi connectivity index (χ3n) is 4.99. The van der Waals surface area contributed by atoms with Crippen LogP contribution >= 0.6 is 11.3 Å². The van der Waals surface area contributed by atoms with E-state index < -0.39 is 11.7 Å². The Kier molecular flexibility index (Phi) is 11.8. The summed E-state index contributed by atoms with van der Waals surface area (Å²) in [6, 6.07) is 4.36. The van der Waals surface area contributed by atoms with Gasteiger partial charge in [0.05, 0.1) is 11.6 Å². The third-order valence-corrected chi connectivity index (χ3v) is 6.08. The van der Waals surface area contributed by atoms with E-state index in [0.717, 1.165) is 54.9 Å². The minimum Gasteiger partial charge on any atom is -0.381 e.